The molecule has 2 aromatic rings. The van der Waals surface area contributed by atoms with Gasteiger partial charge in [0.1, 0.15) is 5.69 Å². The zero-order valence-corrected chi connectivity index (χ0v) is 9.70. The number of oxime groups is 1. The fraction of sp³-hybridized carbons (Fsp3) is 0. The summed E-state index contributed by atoms with van der Waals surface area (Å²) in [6.07, 6.45) is 3.42. The number of aromatic nitrogens is 2. The molecule has 0 saturated carbocycles. The summed E-state index contributed by atoms with van der Waals surface area (Å²) in [5, 5.41) is 13.3. The summed E-state index contributed by atoms with van der Waals surface area (Å²) in [6.45, 7) is 0. The van der Waals surface area contributed by atoms with Gasteiger partial charge in [-0.1, -0.05) is 16.9 Å². The highest BCUT2D eigenvalue weighted by molar-refractivity contribution is 8.01. The van der Waals surface area contributed by atoms with Crippen molar-refractivity contribution in [2.24, 2.45) is 10.9 Å². The first-order chi connectivity index (χ1) is 7.79. The van der Waals surface area contributed by atoms with E-state index >= 15 is 0 Å². The van der Waals surface area contributed by atoms with Crippen LogP contribution in [0.4, 0.5) is 0 Å². The Kier molecular flexibility index (Phi) is 3.37. The van der Waals surface area contributed by atoms with E-state index in [0.717, 1.165) is 9.24 Å². The molecule has 0 aliphatic carbocycles. The quantitative estimate of drug-likeness (QED) is 0.376. The largest absolute Gasteiger partial charge is 0.409 e. The number of rotatable bonds is 3. The van der Waals surface area contributed by atoms with E-state index in [9.17, 15) is 0 Å². The smallest absolute Gasteiger partial charge is 0.188 e. The van der Waals surface area contributed by atoms with Gasteiger partial charge >= 0.3 is 0 Å². The van der Waals surface area contributed by atoms with Gasteiger partial charge in [0.25, 0.3) is 0 Å². The second-order valence-corrected chi connectivity index (χ2v) is 4.98. The van der Waals surface area contributed by atoms with Crippen molar-refractivity contribution in [2.45, 2.75) is 9.24 Å². The molecular formula is C9H8N4OS2. The molecule has 3 N–H and O–H groups in total. The number of thiazole rings is 1. The SMILES string of the molecule is N/C(=N/O)c1ccc(Sc2nccs2)cn1. The number of nitrogens with zero attached hydrogens (tertiary/aromatic N) is 3. The molecule has 0 aliphatic rings. The van der Waals surface area contributed by atoms with Crippen LogP contribution in [0, 0.1) is 0 Å². The van der Waals surface area contributed by atoms with Gasteiger partial charge in [0.05, 0.1) is 0 Å². The van der Waals surface area contributed by atoms with E-state index in [1.54, 1.807) is 29.8 Å². The van der Waals surface area contributed by atoms with Gasteiger partial charge < -0.3 is 10.9 Å². The van der Waals surface area contributed by atoms with E-state index in [2.05, 4.69) is 15.1 Å². The van der Waals surface area contributed by atoms with Crippen LogP contribution in [0.25, 0.3) is 0 Å². The van der Waals surface area contributed by atoms with Crippen LogP contribution in [0.1, 0.15) is 5.69 Å². The molecule has 0 aromatic carbocycles. The predicted octanol–water partition coefficient (Wildman–Crippen LogP) is 1.78. The zero-order chi connectivity index (χ0) is 11.4. The minimum absolute atomic E-state index is 0.00537. The molecule has 0 saturated heterocycles. The maximum atomic E-state index is 8.47. The minimum Gasteiger partial charge on any atom is -0.409 e. The Morgan fingerprint density at radius 2 is 2.31 bits per heavy atom. The van der Waals surface area contributed by atoms with Crippen LogP contribution in [0.15, 0.2) is 44.3 Å². The Labute approximate surface area is 100 Å². The number of nitrogens with two attached hydrogens (primary N) is 1. The van der Waals surface area contributed by atoms with Gasteiger partial charge in [0.15, 0.2) is 10.2 Å². The van der Waals surface area contributed by atoms with Gasteiger partial charge in [-0.2, -0.15) is 0 Å². The molecular weight excluding hydrogens is 244 g/mol. The lowest BCUT2D eigenvalue weighted by Crippen LogP contribution is -2.14. The molecule has 82 valence electrons. The number of amidine groups is 1. The lowest BCUT2D eigenvalue weighted by atomic mass is 10.3. The van der Waals surface area contributed by atoms with Crippen LogP contribution >= 0.6 is 23.1 Å². The summed E-state index contributed by atoms with van der Waals surface area (Å²) >= 11 is 3.09. The normalized spacial score (nSPS) is 11.6. The lowest BCUT2D eigenvalue weighted by molar-refractivity contribution is 0.318. The van der Waals surface area contributed by atoms with Crippen molar-refractivity contribution in [3.63, 3.8) is 0 Å². The average Bonchev–Trinajstić information content (AvgIpc) is 2.82. The highest BCUT2D eigenvalue weighted by Gasteiger charge is 2.03. The Morgan fingerprint density at radius 1 is 1.44 bits per heavy atom. The maximum Gasteiger partial charge on any atom is 0.188 e. The summed E-state index contributed by atoms with van der Waals surface area (Å²) in [4.78, 5) is 9.18. The molecule has 2 heterocycles. The van der Waals surface area contributed by atoms with Gasteiger partial charge in [-0.05, 0) is 12.1 Å². The molecule has 0 bridgehead atoms. The van der Waals surface area contributed by atoms with Gasteiger partial charge in [-0.25, -0.2) is 4.98 Å². The van der Waals surface area contributed by atoms with Crippen LogP contribution in [0.3, 0.4) is 0 Å². The first-order valence-electron chi connectivity index (χ1n) is 4.31. The van der Waals surface area contributed by atoms with Gasteiger partial charge in [-0.15, -0.1) is 11.3 Å². The van der Waals surface area contributed by atoms with E-state index < -0.39 is 0 Å². The van der Waals surface area contributed by atoms with Crippen LogP contribution in [-0.2, 0) is 0 Å². The van der Waals surface area contributed by atoms with Crippen molar-refractivity contribution in [1.29, 1.82) is 0 Å². The fourth-order valence-corrected chi connectivity index (χ4v) is 2.57. The second kappa shape index (κ2) is 4.95. The fourth-order valence-electron chi connectivity index (χ4n) is 1.00. The summed E-state index contributed by atoms with van der Waals surface area (Å²) in [6, 6.07) is 3.55. The average molecular weight is 252 g/mol. The van der Waals surface area contributed by atoms with Gasteiger partial charge in [0.2, 0.25) is 0 Å². The summed E-state index contributed by atoms with van der Waals surface area (Å²) in [5.41, 5.74) is 5.85. The topological polar surface area (TPSA) is 84.4 Å². The molecule has 2 rings (SSSR count). The molecule has 0 radical (unpaired) electrons. The molecule has 0 spiro atoms. The molecule has 5 nitrogen and oxygen atoms in total. The van der Waals surface area contributed by atoms with Crippen molar-refractivity contribution in [2.75, 3.05) is 0 Å². The van der Waals surface area contributed by atoms with E-state index in [1.165, 1.54) is 11.8 Å². The first kappa shape index (κ1) is 10.9. The molecule has 0 aliphatic heterocycles. The minimum atomic E-state index is 0.00537. The number of hydrogen-bond acceptors (Lipinski definition) is 6. The third-order valence-corrected chi connectivity index (χ3v) is 3.58. The highest BCUT2D eigenvalue weighted by atomic mass is 32.2. The standard InChI is InChI=1S/C9H8N4OS2/c10-8(13-14)7-2-1-6(5-12-7)16-9-11-3-4-15-9/h1-5,14H,(H2,10,13). The molecule has 0 fully saturated rings. The number of pyridine rings is 1. The van der Waals surface area contributed by atoms with E-state index in [-0.39, 0.29) is 5.84 Å². The molecule has 7 heteroatoms. The zero-order valence-electron chi connectivity index (χ0n) is 8.07. The predicted molar refractivity (Wildman–Crippen MR) is 63.0 cm³/mol. The van der Waals surface area contributed by atoms with Crippen LogP contribution < -0.4 is 5.73 Å². The van der Waals surface area contributed by atoms with Crippen molar-refractivity contribution in [3.8, 4) is 0 Å². The van der Waals surface area contributed by atoms with Crippen molar-refractivity contribution in [1.82, 2.24) is 9.97 Å². The molecule has 2 aromatic heterocycles. The van der Waals surface area contributed by atoms with E-state index in [0.29, 0.717) is 5.69 Å². The number of hydrogen-bond donors (Lipinski definition) is 2. The van der Waals surface area contributed by atoms with Crippen molar-refractivity contribution >= 4 is 28.9 Å². The van der Waals surface area contributed by atoms with Crippen LogP contribution in [0.5, 0.6) is 0 Å². The summed E-state index contributed by atoms with van der Waals surface area (Å²) in [5.74, 6) is 0.00537. The maximum absolute atomic E-state index is 8.47. The van der Waals surface area contributed by atoms with Gasteiger partial charge in [-0.3, -0.25) is 4.98 Å². The van der Waals surface area contributed by atoms with Gasteiger partial charge in [0, 0.05) is 22.7 Å². The van der Waals surface area contributed by atoms with Crippen molar-refractivity contribution in [3.05, 3.63) is 35.6 Å². The Hall–Kier alpha value is -1.60. The first-order valence-corrected chi connectivity index (χ1v) is 6.00. The Balaban J connectivity index is 2.14. The second-order valence-electron chi connectivity index (χ2n) is 2.76. The molecule has 0 amide bonds. The lowest BCUT2D eigenvalue weighted by Gasteiger charge is -1.99. The third kappa shape index (κ3) is 2.50. The Bertz CT molecular complexity index is 481. The van der Waals surface area contributed by atoms with Crippen LogP contribution in [-0.4, -0.2) is 21.0 Å². The molecule has 16 heavy (non-hydrogen) atoms. The van der Waals surface area contributed by atoms with E-state index in [4.69, 9.17) is 10.9 Å². The highest BCUT2D eigenvalue weighted by Crippen LogP contribution is 2.28. The Morgan fingerprint density at radius 3 is 2.88 bits per heavy atom. The molecule has 0 unspecified atom stereocenters. The molecule has 0 atom stereocenters. The summed E-state index contributed by atoms with van der Waals surface area (Å²) < 4.78 is 0.957. The third-order valence-electron chi connectivity index (χ3n) is 1.72. The van der Waals surface area contributed by atoms with Crippen molar-refractivity contribution < 1.29 is 5.21 Å². The monoisotopic (exact) mass is 252 g/mol. The van der Waals surface area contributed by atoms with Crippen LogP contribution in [0.2, 0.25) is 0 Å². The summed E-state index contributed by atoms with van der Waals surface area (Å²) in [7, 11) is 0. The van der Waals surface area contributed by atoms with E-state index in [1.807, 2.05) is 11.4 Å².